The first-order valence-corrected chi connectivity index (χ1v) is 6.66. The van der Waals surface area contributed by atoms with Gasteiger partial charge in [0.1, 0.15) is 6.04 Å². The Morgan fingerprint density at radius 2 is 2.00 bits per heavy atom. The molecule has 0 bridgehead atoms. The second-order valence-corrected chi connectivity index (χ2v) is 5.80. The Bertz CT molecular complexity index is 450. The molecule has 112 valence electrons. The van der Waals surface area contributed by atoms with Crippen LogP contribution >= 0.6 is 12.4 Å². The average Bonchev–Trinajstić information content (AvgIpc) is 2.35. The molecule has 1 aliphatic heterocycles. The molecule has 5 heteroatoms. The van der Waals surface area contributed by atoms with Crippen molar-refractivity contribution in [2.45, 2.75) is 38.5 Å². The summed E-state index contributed by atoms with van der Waals surface area (Å²) in [5.74, 6) is -0.0329. The van der Waals surface area contributed by atoms with Crippen LogP contribution in [0.3, 0.4) is 0 Å². The number of benzene rings is 1. The van der Waals surface area contributed by atoms with Gasteiger partial charge in [0.2, 0.25) is 5.91 Å². The van der Waals surface area contributed by atoms with Crippen LogP contribution in [0.1, 0.15) is 32.4 Å². The lowest BCUT2D eigenvalue weighted by molar-refractivity contribution is -0.159. The number of amides is 1. The van der Waals surface area contributed by atoms with Gasteiger partial charge in [-0.1, -0.05) is 30.3 Å². The summed E-state index contributed by atoms with van der Waals surface area (Å²) in [5, 5.41) is 0. The maximum absolute atomic E-state index is 12.5. The highest BCUT2D eigenvalue weighted by atomic mass is 35.5. The Hall–Kier alpha value is -1.10. The third-order valence-electron chi connectivity index (χ3n) is 3.31. The first kappa shape index (κ1) is 17.0. The van der Waals surface area contributed by atoms with E-state index in [1.54, 1.807) is 0 Å². The van der Waals surface area contributed by atoms with Gasteiger partial charge in [-0.25, -0.2) is 0 Å². The van der Waals surface area contributed by atoms with Crippen molar-refractivity contribution in [3.05, 3.63) is 35.9 Å². The monoisotopic (exact) mass is 298 g/mol. The first-order valence-electron chi connectivity index (χ1n) is 6.66. The SMILES string of the molecule is CC1CN(C(=O)C(N)c2ccccc2)CC(C)(C)O1.Cl. The van der Waals surface area contributed by atoms with Crippen molar-refractivity contribution in [1.82, 2.24) is 4.90 Å². The Labute approximate surface area is 126 Å². The molecule has 0 aliphatic carbocycles. The van der Waals surface area contributed by atoms with Gasteiger partial charge in [0.25, 0.3) is 0 Å². The van der Waals surface area contributed by atoms with Crippen LogP contribution in [0.4, 0.5) is 0 Å². The number of carbonyl (C=O) groups is 1. The minimum Gasteiger partial charge on any atom is -0.369 e. The van der Waals surface area contributed by atoms with Gasteiger partial charge in [-0.3, -0.25) is 4.79 Å². The average molecular weight is 299 g/mol. The fraction of sp³-hybridized carbons (Fsp3) is 0.533. The van der Waals surface area contributed by atoms with E-state index in [-0.39, 0.29) is 30.0 Å². The Morgan fingerprint density at radius 3 is 2.55 bits per heavy atom. The number of rotatable bonds is 2. The van der Waals surface area contributed by atoms with E-state index in [1.807, 2.05) is 56.0 Å². The highest BCUT2D eigenvalue weighted by Gasteiger charge is 2.35. The first-order chi connectivity index (χ1) is 8.89. The van der Waals surface area contributed by atoms with Gasteiger partial charge in [0.15, 0.2) is 0 Å². The third kappa shape index (κ3) is 3.95. The van der Waals surface area contributed by atoms with E-state index < -0.39 is 6.04 Å². The van der Waals surface area contributed by atoms with E-state index in [9.17, 15) is 4.79 Å². The molecule has 0 radical (unpaired) electrons. The van der Waals surface area contributed by atoms with Crippen LogP contribution in [0.25, 0.3) is 0 Å². The van der Waals surface area contributed by atoms with Crippen molar-refractivity contribution in [3.8, 4) is 0 Å². The molecule has 1 heterocycles. The Kier molecular flexibility index (Phi) is 5.57. The molecular formula is C15H23ClN2O2. The summed E-state index contributed by atoms with van der Waals surface area (Å²) in [4.78, 5) is 14.3. The van der Waals surface area contributed by atoms with E-state index in [2.05, 4.69) is 0 Å². The van der Waals surface area contributed by atoms with E-state index in [0.29, 0.717) is 13.1 Å². The zero-order valence-corrected chi connectivity index (χ0v) is 13.0. The maximum atomic E-state index is 12.5. The minimum atomic E-state index is -0.595. The number of halogens is 1. The number of hydrogen-bond donors (Lipinski definition) is 1. The molecule has 2 unspecified atom stereocenters. The summed E-state index contributed by atoms with van der Waals surface area (Å²) in [6.07, 6.45) is 0.0377. The van der Waals surface area contributed by atoms with Crippen molar-refractivity contribution in [2.24, 2.45) is 5.73 Å². The molecule has 1 fully saturated rings. The fourth-order valence-corrected chi connectivity index (χ4v) is 2.62. The second-order valence-electron chi connectivity index (χ2n) is 5.80. The number of morpholine rings is 1. The van der Waals surface area contributed by atoms with Crippen LogP contribution < -0.4 is 5.73 Å². The fourth-order valence-electron chi connectivity index (χ4n) is 2.62. The summed E-state index contributed by atoms with van der Waals surface area (Å²) >= 11 is 0. The van der Waals surface area contributed by atoms with Gasteiger partial charge < -0.3 is 15.4 Å². The topological polar surface area (TPSA) is 55.6 Å². The Balaban J connectivity index is 0.00000200. The van der Waals surface area contributed by atoms with Gasteiger partial charge in [-0.2, -0.15) is 0 Å². The van der Waals surface area contributed by atoms with Gasteiger partial charge in [-0.05, 0) is 26.3 Å². The summed E-state index contributed by atoms with van der Waals surface area (Å²) in [5.41, 5.74) is 6.61. The molecule has 1 aliphatic rings. The van der Waals surface area contributed by atoms with Crippen LogP contribution in [0.15, 0.2) is 30.3 Å². The number of ether oxygens (including phenoxy) is 1. The van der Waals surface area contributed by atoms with Gasteiger partial charge in [0, 0.05) is 13.1 Å². The predicted octanol–water partition coefficient (Wildman–Crippen LogP) is 2.13. The van der Waals surface area contributed by atoms with Crippen molar-refractivity contribution < 1.29 is 9.53 Å². The molecule has 2 atom stereocenters. The largest absolute Gasteiger partial charge is 0.369 e. The van der Waals surface area contributed by atoms with Crippen LogP contribution in [0.2, 0.25) is 0 Å². The molecule has 0 aromatic heterocycles. The minimum absolute atomic E-state index is 0. The Morgan fingerprint density at radius 1 is 1.40 bits per heavy atom. The van der Waals surface area contributed by atoms with Crippen molar-refractivity contribution >= 4 is 18.3 Å². The van der Waals surface area contributed by atoms with E-state index in [0.717, 1.165) is 5.56 Å². The molecule has 4 nitrogen and oxygen atoms in total. The molecule has 1 saturated heterocycles. The zero-order chi connectivity index (χ0) is 14.0. The van der Waals surface area contributed by atoms with Gasteiger partial charge in [-0.15, -0.1) is 12.4 Å². The molecule has 1 aromatic carbocycles. The molecule has 1 aromatic rings. The lowest BCUT2D eigenvalue weighted by atomic mass is 10.0. The van der Waals surface area contributed by atoms with Crippen LogP contribution in [-0.2, 0) is 9.53 Å². The van der Waals surface area contributed by atoms with E-state index in [4.69, 9.17) is 10.5 Å². The number of carbonyl (C=O) groups excluding carboxylic acids is 1. The normalized spacial score (nSPS) is 22.8. The molecule has 1 amide bonds. The van der Waals surface area contributed by atoms with Crippen molar-refractivity contribution in [2.75, 3.05) is 13.1 Å². The van der Waals surface area contributed by atoms with Crippen LogP contribution in [0, 0.1) is 0 Å². The second kappa shape index (κ2) is 6.57. The number of nitrogens with two attached hydrogens (primary N) is 1. The lowest BCUT2D eigenvalue weighted by Crippen LogP contribution is -2.55. The lowest BCUT2D eigenvalue weighted by Gasteiger charge is -2.42. The highest BCUT2D eigenvalue weighted by Crippen LogP contribution is 2.23. The summed E-state index contributed by atoms with van der Waals surface area (Å²) < 4.78 is 5.80. The maximum Gasteiger partial charge on any atom is 0.244 e. The number of nitrogens with zero attached hydrogens (tertiary/aromatic N) is 1. The van der Waals surface area contributed by atoms with Crippen LogP contribution in [0.5, 0.6) is 0 Å². The van der Waals surface area contributed by atoms with Crippen molar-refractivity contribution in [1.29, 1.82) is 0 Å². The molecule has 0 saturated carbocycles. The van der Waals surface area contributed by atoms with E-state index >= 15 is 0 Å². The smallest absolute Gasteiger partial charge is 0.244 e. The third-order valence-corrected chi connectivity index (χ3v) is 3.31. The van der Waals surface area contributed by atoms with Gasteiger partial charge in [0.05, 0.1) is 11.7 Å². The summed E-state index contributed by atoms with van der Waals surface area (Å²) in [6.45, 7) is 7.16. The molecule has 20 heavy (non-hydrogen) atoms. The van der Waals surface area contributed by atoms with Crippen LogP contribution in [-0.4, -0.2) is 35.6 Å². The molecule has 2 N–H and O–H groups in total. The molecule has 0 spiro atoms. The standard InChI is InChI=1S/C15H22N2O2.ClH/c1-11-9-17(10-15(2,3)19-11)14(18)13(16)12-7-5-4-6-8-12;/h4-8,11,13H,9-10,16H2,1-3H3;1H. The van der Waals surface area contributed by atoms with Gasteiger partial charge >= 0.3 is 0 Å². The van der Waals surface area contributed by atoms with Crippen molar-refractivity contribution in [3.63, 3.8) is 0 Å². The summed E-state index contributed by atoms with van der Waals surface area (Å²) in [6, 6.07) is 8.89. The number of hydrogen-bond acceptors (Lipinski definition) is 3. The zero-order valence-electron chi connectivity index (χ0n) is 12.2. The predicted molar refractivity (Wildman–Crippen MR) is 81.8 cm³/mol. The highest BCUT2D eigenvalue weighted by molar-refractivity contribution is 5.85. The summed E-state index contributed by atoms with van der Waals surface area (Å²) in [7, 11) is 0. The molecule has 2 rings (SSSR count). The van der Waals surface area contributed by atoms with E-state index in [1.165, 1.54) is 0 Å². The quantitative estimate of drug-likeness (QED) is 0.910. The molecular weight excluding hydrogens is 276 g/mol.